The van der Waals surface area contributed by atoms with Gasteiger partial charge in [-0.05, 0) is 19.1 Å². The van der Waals surface area contributed by atoms with Crippen LogP contribution < -0.4 is 0 Å². The first-order valence-electron chi connectivity index (χ1n) is 2.04. The Labute approximate surface area is 42.5 Å². The Hall–Kier alpha value is -0.120. The fourth-order valence-electron chi connectivity index (χ4n) is 0.0264. The molecule has 0 amide bonds. The van der Waals surface area contributed by atoms with Gasteiger partial charge in [-0.15, -0.1) is 0 Å². The second kappa shape index (κ2) is 2.26. The van der Waals surface area contributed by atoms with Crippen molar-refractivity contribution in [1.82, 2.24) is 0 Å². The van der Waals surface area contributed by atoms with Gasteiger partial charge in [-0.2, -0.15) is 4.89 Å². The molecule has 0 aliphatic rings. The van der Waals surface area contributed by atoms with E-state index in [1.165, 1.54) is 13.8 Å². The highest BCUT2D eigenvalue weighted by Gasteiger charge is 2.16. The molecule has 0 unspecified atom stereocenters. The van der Waals surface area contributed by atoms with Crippen LogP contribution in [0.25, 0.3) is 0 Å². The summed E-state index contributed by atoms with van der Waals surface area (Å²) in [6.07, 6.45) is 0. The molecule has 0 atom stereocenters. The van der Waals surface area contributed by atoms with E-state index in [1.54, 1.807) is 0 Å². The maximum absolute atomic E-state index is 9.52. The van der Waals surface area contributed by atoms with Gasteiger partial charge in [0, 0.05) is 0 Å². The van der Waals surface area contributed by atoms with Crippen LogP contribution in [0.1, 0.15) is 13.8 Å². The SMILES string of the molecule is CC(C)(CO)O[O]. The highest BCUT2D eigenvalue weighted by molar-refractivity contribution is 4.61. The molecule has 3 nitrogen and oxygen atoms in total. The molecule has 0 aliphatic carbocycles. The first-order chi connectivity index (χ1) is 3.12. The van der Waals surface area contributed by atoms with E-state index in [4.69, 9.17) is 5.11 Å². The summed E-state index contributed by atoms with van der Waals surface area (Å²) in [5.74, 6) is 0. The van der Waals surface area contributed by atoms with Gasteiger partial charge in [-0.25, -0.2) is 0 Å². The molecule has 3 heteroatoms. The largest absolute Gasteiger partial charge is 0.393 e. The smallest absolute Gasteiger partial charge is 0.124 e. The quantitative estimate of drug-likeness (QED) is 0.400. The molecular formula is C4H9O3. The predicted octanol–water partition coefficient (Wildman–Crippen LogP) is 0.119. The molecule has 43 valence electrons. The first kappa shape index (κ1) is 6.88. The Bertz CT molecular complexity index is 44.9. The third-order valence-corrected chi connectivity index (χ3v) is 0.606. The Morgan fingerprint density at radius 1 is 1.71 bits per heavy atom. The molecule has 0 saturated heterocycles. The van der Waals surface area contributed by atoms with Crippen LogP contribution in [0.3, 0.4) is 0 Å². The van der Waals surface area contributed by atoms with Crippen molar-refractivity contribution < 1.29 is 15.3 Å². The van der Waals surface area contributed by atoms with Gasteiger partial charge in [0.1, 0.15) is 5.60 Å². The Balaban J connectivity index is 3.36. The molecule has 1 N–H and O–H groups in total. The minimum absolute atomic E-state index is 0.240. The van der Waals surface area contributed by atoms with Gasteiger partial charge in [-0.1, -0.05) is 0 Å². The van der Waals surface area contributed by atoms with Gasteiger partial charge in [0.05, 0.1) is 6.61 Å². The van der Waals surface area contributed by atoms with Crippen LogP contribution in [-0.4, -0.2) is 17.3 Å². The molecule has 0 aromatic rings. The average molecular weight is 105 g/mol. The van der Waals surface area contributed by atoms with Crippen LogP contribution in [0.15, 0.2) is 0 Å². The van der Waals surface area contributed by atoms with E-state index in [2.05, 4.69) is 4.89 Å². The molecule has 7 heavy (non-hydrogen) atoms. The Morgan fingerprint density at radius 3 is 2.14 bits per heavy atom. The summed E-state index contributed by atoms with van der Waals surface area (Å²) >= 11 is 0. The van der Waals surface area contributed by atoms with Crippen molar-refractivity contribution in [2.75, 3.05) is 6.61 Å². The summed E-state index contributed by atoms with van der Waals surface area (Å²) in [5, 5.41) is 17.8. The van der Waals surface area contributed by atoms with Gasteiger partial charge in [0.25, 0.3) is 0 Å². The van der Waals surface area contributed by atoms with Crippen molar-refractivity contribution in [2.24, 2.45) is 0 Å². The molecule has 0 aliphatic heterocycles. The fourth-order valence-corrected chi connectivity index (χ4v) is 0.0264. The van der Waals surface area contributed by atoms with Crippen LogP contribution in [-0.2, 0) is 10.1 Å². The molecule has 0 heterocycles. The third-order valence-electron chi connectivity index (χ3n) is 0.606. The van der Waals surface area contributed by atoms with Gasteiger partial charge >= 0.3 is 0 Å². The monoisotopic (exact) mass is 105 g/mol. The summed E-state index contributed by atoms with van der Waals surface area (Å²) in [6.45, 7) is 2.79. The lowest BCUT2D eigenvalue weighted by molar-refractivity contribution is -0.369. The second-order valence-electron chi connectivity index (χ2n) is 2.00. The van der Waals surface area contributed by atoms with Gasteiger partial charge in [0.2, 0.25) is 0 Å². The lowest BCUT2D eigenvalue weighted by atomic mass is 10.2. The van der Waals surface area contributed by atoms with Crippen LogP contribution in [0.5, 0.6) is 0 Å². The van der Waals surface area contributed by atoms with Crippen molar-refractivity contribution in [2.45, 2.75) is 19.4 Å². The maximum Gasteiger partial charge on any atom is 0.124 e. The standard InChI is InChI=1S/C4H9O3/c1-4(2,3-5)7-6/h5H,3H2,1-2H3. The average Bonchev–Trinajstić information content (AvgIpc) is 1.68. The summed E-state index contributed by atoms with van der Waals surface area (Å²) in [6, 6.07) is 0. The Kier molecular flexibility index (Phi) is 2.22. The normalized spacial score (nSPS) is 12.0. The number of rotatable bonds is 2. The zero-order valence-electron chi connectivity index (χ0n) is 4.47. The van der Waals surface area contributed by atoms with Crippen molar-refractivity contribution in [3.8, 4) is 0 Å². The molecule has 0 spiro atoms. The van der Waals surface area contributed by atoms with Crippen molar-refractivity contribution >= 4 is 0 Å². The predicted molar refractivity (Wildman–Crippen MR) is 22.9 cm³/mol. The minimum atomic E-state index is -0.917. The summed E-state index contributed by atoms with van der Waals surface area (Å²) in [4.78, 5) is 3.59. The summed E-state index contributed by atoms with van der Waals surface area (Å²) in [7, 11) is 0. The van der Waals surface area contributed by atoms with E-state index < -0.39 is 5.60 Å². The van der Waals surface area contributed by atoms with Crippen LogP contribution >= 0.6 is 0 Å². The molecule has 0 fully saturated rings. The second-order valence-corrected chi connectivity index (χ2v) is 2.00. The summed E-state index contributed by atoms with van der Waals surface area (Å²) in [5.41, 5.74) is -0.917. The molecule has 0 bridgehead atoms. The van der Waals surface area contributed by atoms with E-state index in [9.17, 15) is 5.26 Å². The number of hydrogen-bond acceptors (Lipinski definition) is 2. The highest BCUT2D eigenvalue weighted by Crippen LogP contribution is 2.03. The molecule has 1 radical (unpaired) electrons. The van der Waals surface area contributed by atoms with Crippen LogP contribution in [0.2, 0.25) is 0 Å². The van der Waals surface area contributed by atoms with Crippen LogP contribution in [0.4, 0.5) is 0 Å². The molecule has 0 aromatic heterocycles. The third kappa shape index (κ3) is 2.56. The number of aliphatic hydroxyl groups excluding tert-OH is 1. The molecular weight excluding hydrogens is 96.0 g/mol. The topological polar surface area (TPSA) is 49.4 Å². The lowest BCUT2D eigenvalue weighted by Gasteiger charge is -2.13. The van der Waals surface area contributed by atoms with E-state index >= 15 is 0 Å². The van der Waals surface area contributed by atoms with Crippen molar-refractivity contribution in [1.29, 1.82) is 0 Å². The van der Waals surface area contributed by atoms with Gasteiger partial charge in [0.15, 0.2) is 0 Å². The zero-order chi connectivity index (χ0) is 5.91. The van der Waals surface area contributed by atoms with Crippen LogP contribution in [0, 0.1) is 0 Å². The van der Waals surface area contributed by atoms with E-state index in [0.29, 0.717) is 0 Å². The van der Waals surface area contributed by atoms with E-state index in [0.717, 1.165) is 0 Å². The van der Waals surface area contributed by atoms with E-state index in [1.807, 2.05) is 0 Å². The molecule has 0 aromatic carbocycles. The Morgan fingerprint density at radius 2 is 2.14 bits per heavy atom. The zero-order valence-corrected chi connectivity index (χ0v) is 4.47. The lowest BCUT2D eigenvalue weighted by Crippen LogP contribution is -2.26. The highest BCUT2D eigenvalue weighted by atomic mass is 17.1. The van der Waals surface area contributed by atoms with E-state index in [-0.39, 0.29) is 6.61 Å². The van der Waals surface area contributed by atoms with Crippen molar-refractivity contribution in [3.05, 3.63) is 0 Å². The first-order valence-corrected chi connectivity index (χ1v) is 2.04. The minimum Gasteiger partial charge on any atom is -0.393 e. The summed E-state index contributed by atoms with van der Waals surface area (Å²) < 4.78 is 0. The van der Waals surface area contributed by atoms with Crippen molar-refractivity contribution in [3.63, 3.8) is 0 Å². The number of hydrogen-bond donors (Lipinski definition) is 1. The molecule has 0 rings (SSSR count). The molecule has 0 saturated carbocycles. The van der Waals surface area contributed by atoms with Gasteiger partial charge in [-0.3, -0.25) is 0 Å². The number of aliphatic hydroxyl groups is 1. The fraction of sp³-hybridized carbons (Fsp3) is 1.00. The van der Waals surface area contributed by atoms with Gasteiger partial charge < -0.3 is 5.11 Å². The maximum atomic E-state index is 9.52.